The van der Waals surface area contributed by atoms with Gasteiger partial charge in [0.15, 0.2) is 5.78 Å². The SMILES string of the molecule is Cc1ccc2c(C(=O)CCC(=O)O)c(C)n(C)c2c1. The summed E-state index contributed by atoms with van der Waals surface area (Å²) in [5.74, 6) is -1.04. The van der Waals surface area contributed by atoms with Gasteiger partial charge in [-0.05, 0) is 25.5 Å². The van der Waals surface area contributed by atoms with Gasteiger partial charge >= 0.3 is 5.97 Å². The van der Waals surface area contributed by atoms with Crippen LogP contribution < -0.4 is 0 Å². The van der Waals surface area contributed by atoms with Crippen molar-refractivity contribution in [3.05, 3.63) is 35.0 Å². The average Bonchev–Trinajstić information content (AvgIpc) is 2.60. The van der Waals surface area contributed by atoms with Gasteiger partial charge in [0.1, 0.15) is 0 Å². The van der Waals surface area contributed by atoms with E-state index in [2.05, 4.69) is 0 Å². The number of benzene rings is 1. The van der Waals surface area contributed by atoms with Gasteiger partial charge in [-0.25, -0.2) is 0 Å². The zero-order chi connectivity index (χ0) is 14.2. The second-order valence-electron chi connectivity index (χ2n) is 4.86. The Morgan fingerprint density at radius 3 is 2.53 bits per heavy atom. The van der Waals surface area contributed by atoms with Crippen LogP contribution in [0.1, 0.15) is 34.5 Å². The summed E-state index contributed by atoms with van der Waals surface area (Å²) in [5.41, 5.74) is 3.68. The van der Waals surface area contributed by atoms with Crippen LogP contribution in [0, 0.1) is 13.8 Å². The first-order valence-electron chi connectivity index (χ1n) is 6.22. The second kappa shape index (κ2) is 4.88. The number of Topliss-reactive ketones (excluding diaryl/α,β-unsaturated/α-hetero) is 1. The van der Waals surface area contributed by atoms with E-state index < -0.39 is 5.97 Å². The van der Waals surface area contributed by atoms with Gasteiger partial charge < -0.3 is 9.67 Å². The third kappa shape index (κ3) is 2.38. The molecule has 100 valence electrons. The minimum Gasteiger partial charge on any atom is -0.481 e. The maximum atomic E-state index is 12.2. The fourth-order valence-electron chi connectivity index (χ4n) is 2.37. The lowest BCUT2D eigenvalue weighted by Crippen LogP contribution is -2.05. The van der Waals surface area contributed by atoms with Gasteiger partial charge in [0.05, 0.1) is 6.42 Å². The number of nitrogens with zero attached hydrogens (tertiary/aromatic N) is 1. The lowest BCUT2D eigenvalue weighted by Gasteiger charge is -2.00. The Kier molecular flexibility index (Phi) is 3.42. The lowest BCUT2D eigenvalue weighted by molar-refractivity contribution is -0.136. The molecule has 19 heavy (non-hydrogen) atoms. The molecule has 0 unspecified atom stereocenters. The van der Waals surface area contributed by atoms with E-state index in [0.717, 1.165) is 22.2 Å². The second-order valence-corrected chi connectivity index (χ2v) is 4.86. The van der Waals surface area contributed by atoms with Crippen molar-refractivity contribution in [3.63, 3.8) is 0 Å². The Morgan fingerprint density at radius 1 is 1.21 bits per heavy atom. The molecule has 0 saturated heterocycles. The molecule has 1 N–H and O–H groups in total. The summed E-state index contributed by atoms with van der Waals surface area (Å²) >= 11 is 0. The Balaban J connectivity index is 2.51. The molecule has 0 aliphatic rings. The molecule has 4 nitrogen and oxygen atoms in total. The molecule has 2 aromatic rings. The third-order valence-corrected chi connectivity index (χ3v) is 3.49. The summed E-state index contributed by atoms with van der Waals surface area (Å²) in [4.78, 5) is 22.8. The molecule has 0 atom stereocenters. The number of carbonyl (C=O) groups is 2. The monoisotopic (exact) mass is 259 g/mol. The van der Waals surface area contributed by atoms with E-state index >= 15 is 0 Å². The Bertz CT molecular complexity index is 668. The number of carbonyl (C=O) groups excluding carboxylic acids is 1. The number of aliphatic carboxylic acids is 1. The predicted octanol–water partition coefficient (Wildman–Crippen LogP) is 2.84. The van der Waals surface area contributed by atoms with Gasteiger partial charge in [-0.15, -0.1) is 0 Å². The highest BCUT2D eigenvalue weighted by Crippen LogP contribution is 2.27. The fraction of sp³-hybridized carbons (Fsp3) is 0.333. The summed E-state index contributed by atoms with van der Waals surface area (Å²) in [6, 6.07) is 5.94. The highest BCUT2D eigenvalue weighted by atomic mass is 16.4. The number of hydrogen-bond donors (Lipinski definition) is 1. The van der Waals surface area contributed by atoms with Gasteiger partial charge in [-0.3, -0.25) is 9.59 Å². The summed E-state index contributed by atoms with van der Waals surface area (Å²) in [6.45, 7) is 3.90. The molecule has 0 radical (unpaired) electrons. The van der Waals surface area contributed by atoms with Crippen molar-refractivity contribution in [2.75, 3.05) is 0 Å². The highest BCUT2D eigenvalue weighted by molar-refractivity contribution is 6.10. The third-order valence-electron chi connectivity index (χ3n) is 3.49. The zero-order valence-electron chi connectivity index (χ0n) is 11.4. The Labute approximate surface area is 111 Å². The van der Waals surface area contributed by atoms with Crippen LogP contribution in [0.4, 0.5) is 0 Å². The number of aryl methyl sites for hydroxylation is 2. The number of ketones is 1. The van der Waals surface area contributed by atoms with Crippen LogP contribution in [0.3, 0.4) is 0 Å². The van der Waals surface area contributed by atoms with Crippen molar-refractivity contribution in [1.29, 1.82) is 0 Å². The number of carboxylic acid groups (broad SMARTS) is 1. The Morgan fingerprint density at radius 2 is 1.89 bits per heavy atom. The van der Waals surface area contributed by atoms with E-state index in [0.29, 0.717) is 5.56 Å². The van der Waals surface area contributed by atoms with Crippen LogP contribution in [0.25, 0.3) is 10.9 Å². The van der Waals surface area contributed by atoms with Gasteiger partial charge in [-0.2, -0.15) is 0 Å². The molecule has 1 heterocycles. The lowest BCUT2D eigenvalue weighted by atomic mass is 10.0. The molecule has 0 aliphatic carbocycles. The van der Waals surface area contributed by atoms with Crippen molar-refractivity contribution in [2.24, 2.45) is 7.05 Å². The van der Waals surface area contributed by atoms with E-state index in [1.54, 1.807) is 0 Å². The fourth-order valence-corrected chi connectivity index (χ4v) is 2.37. The largest absolute Gasteiger partial charge is 0.481 e. The number of aromatic nitrogens is 1. The molecular weight excluding hydrogens is 242 g/mol. The van der Waals surface area contributed by atoms with Gasteiger partial charge in [0.25, 0.3) is 0 Å². The molecule has 1 aromatic carbocycles. The number of hydrogen-bond acceptors (Lipinski definition) is 2. The molecule has 0 bridgehead atoms. The van der Waals surface area contributed by atoms with Crippen molar-refractivity contribution in [3.8, 4) is 0 Å². The summed E-state index contributed by atoms with van der Waals surface area (Å²) in [7, 11) is 1.92. The minimum atomic E-state index is -0.943. The Hall–Kier alpha value is -2.10. The molecule has 0 aliphatic heterocycles. The first-order chi connectivity index (χ1) is 8.91. The van der Waals surface area contributed by atoms with Crippen LogP contribution in [0.5, 0.6) is 0 Å². The molecule has 1 aromatic heterocycles. The molecule has 0 spiro atoms. The van der Waals surface area contributed by atoms with Crippen LogP contribution >= 0.6 is 0 Å². The van der Waals surface area contributed by atoms with Crippen molar-refractivity contribution in [1.82, 2.24) is 4.57 Å². The van der Waals surface area contributed by atoms with Crippen LogP contribution in [0.2, 0.25) is 0 Å². The topological polar surface area (TPSA) is 59.3 Å². The van der Waals surface area contributed by atoms with Crippen molar-refractivity contribution in [2.45, 2.75) is 26.7 Å². The molecule has 0 amide bonds. The first kappa shape index (κ1) is 13.3. The van der Waals surface area contributed by atoms with E-state index in [9.17, 15) is 9.59 Å². The molecule has 0 saturated carbocycles. The normalized spacial score (nSPS) is 10.9. The van der Waals surface area contributed by atoms with Crippen LogP contribution in [-0.2, 0) is 11.8 Å². The van der Waals surface area contributed by atoms with Crippen molar-refractivity contribution >= 4 is 22.7 Å². The maximum absolute atomic E-state index is 12.2. The van der Waals surface area contributed by atoms with Gasteiger partial charge in [-0.1, -0.05) is 12.1 Å². The molecule has 4 heteroatoms. The van der Waals surface area contributed by atoms with E-state index in [1.165, 1.54) is 0 Å². The van der Waals surface area contributed by atoms with Gasteiger partial charge in [0.2, 0.25) is 0 Å². The summed E-state index contributed by atoms with van der Waals surface area (Å²) in [6.07, 6.45) is -0.0797. The van der Waals surface area contributed by atoms with E-state index in [4.69, 9.17) is 5.11 Å². The van der Waals surface area contributed by atoms with Crippen LogP contribution in [-0.4, -0.2) is 21.4 Å². The number of carboxylic acids is 1. The first-order valence-corrected chi connectivity index (χ1v) is 6.22. The van der Waals surface area contributed by atoms with E-state index in [-0.39, 0.29) is 18.6 Å². The molecule has 2 rings (SSSR count). The van der Waals surface area contributed by atoms with Crippen molar-refractivity contribution < 1.29 is 14.7 Å². The number of rotatable bonds is 4. The highest BCUT2D eigenvalue weighted by Gasteiger charge is 2.18. The molecular formula is C15H17NO3. The smallest absolute Gasteiger partial charge is 0.303 e. The number of fused-ring (bicyclic) bond motifs is 1. The minimum absolute atomic E-state index is 0.0448. The average molecular weight is 259 g/mol. The standard InChI is InChI=1S/C15H17NO3/c1-9-4-5-11-12(8-9)16(3)10(2)15(11)13(17)6-7-14(18)19/h4-5,8H,6-7H2,1-3H3,(H,18,19). The maximum Gasteiger partial charge on any atom is 0.303 e. The summed E-state index contributed by atoms with van der Waals surface area (Å²) < 4.78 is 1.98. The van der Waals surface area contributed by atoms with Gasteiger partial charge in [0, 0.05) is 35.6 Å². The zero-order valence-corrected chi connectivity index (χ0v) is 11.4. The molecule has 0 fully saturated rings. The summed E-state index contributed by atoms with van der Waals surface area (Å²) in [5, 5.41) is 9.58. The quantitative estimate of drug-likeness (QED) is 0.859. The predicted molar refractivity (Wildman–Crippen MR) is 73.6 cm³/mol. The van der Waals surface area contributed by atoms with Crippen LogP contribution in [0.15, 0.2) is 18.2 Å². The van der Waals surface area contributed by atoms with E-state index in [1.807, 2.05) is 43.7 Å².